The van der Waals surface area contributed by atoms with Crippen molar-refractivity contribution < 1.29 is 4.79 Å². The minimum atomic E-state index is 0.147. The molecule has 70 valence electrons. The van der Waals surface area contributed by atoms with Crippen molar-refractivity contribution in [3.63, 3.8) is 0 Å². The minimum Gasteiger partial charge on any atom is -0.299 e. The van der Waals surface area contributed by atoms with Gasteiger partial charge in [-0.3, -0.25) is 4.79 Å². The van der Waals surface area contributed by atoms with Gasteiger partial charge in [0.15, 0.2) is 0 Å². The van der Waals surface area contributed by atoms with Crippen LogP contribution in [-0.4, -0.2) is 17.3 Å². The summed E-state index contributed by atoms with van der Waals surface area (Å²) in [5, 5.41) is 0. The van der Waals surface area contributed by atoms with E-state index in [1.807, 2.05) is 11.8 Å². The van der Waals surface area contributed by atoms with Gasteiger partial charge < -0.3 is 0 Å². The summed E-state index contributed by atoms with van der Waals surface area (Å²) in [5.74, 6) is 2.85. The first-order valence-corrected chi connectivity index (χ1v) is 5.95. The van der Waals surface area contributed by atoms with E-state index in [2.05, 4.69) is 6.92 Å². The van der Waals surface area contributed by atoms with Gasteiger partial charge in [0.2, 0.25) is 0 Å². The topological polar surface area (TPSA) is 17.1 Å². The van der Waals surface area contributed by atoms with Crippen molar-refractivity contribution >= 4 is 17.5 Å². The monoisotopic (exact) mass is 186 g/mol. The molecule has 0 saturated heterocycles. The molecule has 0 amide bonds. The van der Waals surface area contributed by atoms with Gasteiger partial charge in [-0.2, -0.15) is 11.8 Å². The predicted molar refractivity (Wildman–Crippen MR) is 54.6 cm³/mol. The highest BCUT2D eigenvalue weighted by molar-refractivity contribution is 7.99. The van der Waals surface area contributed by atoms with E-state index in [-0.39, 0.29) is 5.41 Å². The van der Waals surface area contributed by atoms with Crippen LogP contribution in [0.5, 0.6) is 0 Å². The Balaban J connectivity index is 2.10. The number of hydrogen-bond donors (Lipinski definition) is 0. The third-order valence-electron chi connectivity index (χ3n) is 2.75. The number of thioether (sulfide) groups is 1. The normalized spacial score (nSPS) is 19.2. The number of rotatable bonds is 6. The smallest absolute Gasteiger partial charge is 0.135 e. The van der Waals surface area contributed by atoms with E-state index in [4.69, 9.17) is 0 Å². The molecule has 1 saturated carbocycles. The van der Waals surface area contributed by atoms with Crippen LogP contribution in [0, 0.1) is 5.41 Å². The maximum absolute atomic E-state index is 11.2. The molecule has 0 aromatic rings. The minimum absolute atomic E-state index is 0.147. The zero-order valence-corrected chi connectivity index (χ0v) is 8.88. The van der Waals surface area contributed by atoms with E-state index >= 15 is 0 Å². The number of hydrogen-bond acceptors (Lipinski definition) is 2. The molecule has 0 bridgehead atoms. The van der Waals surface area contributed by atoms with E-state index in [9.17, 15) is 4.79 Å². The molecular weight excluding hydrogens is 168 g/mol. The van der Waals surface area contributed by atoms with Gasteiger partial charge in [-0.25, -0.2) is 0 Å². The summed E-state index contributed by atoms with van der Waals surface area (Å²) in [5.41, 5.74) is 0.147. The molecule has 2 heteroatoms. The van der Waals surface area contributed by atoms with Gasteiger partial charge in [-0.05, 0) is 44.1 Å². The van der Waals surface area contributed by atoms with Crippen molar-refractivity contribution in [3.05, 3.63) is 0 Å². The van der Waals surface area contributed by atoms with E-state index < -0.39 is 0 Å². The lowest BCUT2D eigenvalue weighted by Gasteiger charge is -2.09. The summed E-state index contributed by atoms with van der Waals surface area (Å²) >= 11 is 1.98. The Morgan fingerprint density at radius 1 is 1.50 bits per heavy atom. The quantitative estimate of drug-likeness (QED) is 0.593. The molecule has 0 aromatic heterocycles. The summed E-state index contributed by atoms with van der Waals surface area (Å²) in [6.45, 7) is 3.93. The van der Waals surface area contributed by atoms with Crippen LogP contribution in [0.3, 0.4) is 0 Å². The van der Waals surface area contributed by atoms with Crippen molar-refractivity contribution in [2.24, 2.45) is 5.41 Å². The summed E-state index contributed by atoms with van der Waals surface area (Å²) in [6.07, 6.45) is 4.66. The fourth-order valence-corrected chi connectivity index (χ4v) is 2.22. The molecule has 0 aromatic carbocycles. The molecule has 0 atom stereocenters. The standard InChI is InChI=1S/C10H18OS/c1-3-12-8-4-5-10(6-7-10)9(2)11/h3-8H2,1-2H3. The van der Waals surface area contributed by atoms with Gasteiger partial charge in [0.05, 0.1) is 0 Å². The largest absolute Gasteiger partial charge is 0.299 e. The van der Waals surface area contributed by atoms with Gasteiger partial charge in [0.1, 0.15) is 5.78 Å². The van der Waals surface area contributed by atoms with Crippen LogP contribution in [0.4, 0.5) is 0 Å². The first-order valence-electron chi connectivity index (χ1n) is 4.80. The predicted octanol–water partition coefficient (Wildman–Crippen LogP) is 2.89. The maximum Gasteiger partial charge on any atom is 0.135 e. The van der Waals surface area contributed by atoms with Crippen LogP contribution in [-0.2, 0) is 4.79 Å². The Labute approximate surface area is 79.3 Å². The summed E-state index contributed by atoms with van der Waals surface area (Å²) in [6, 6.07) is 0. The van der Waals surface area contributed by atoms with Crippen LogP contribution in [0.25, 0.3) is 0 Å². The third kappa shape index (κ3) is 2.51. The molecular formula is C10H18OS. The lowest BCUT2D eigenvalue weighted by atomic mass is 9.96. The molecule has 0 heterocycles. The Morgan fingerprint density at radius 3 is 2.58 bits per heavy atom. The van der Waals surface area contributed by atoms with Gasteiger partial charge in [-0.15, -0.1) is 0 Å². The van der Waals surface area contributed by atoms with Crippen LogP contribution < -0.4 is 0 Å². The lowest BCUT2D eigenvalue weighted by Crippen LogP contribution is -2.11. The van der Waals surface area contributed by atoms with Gasteiger partial charge in [-0.1, -0.05) is 6.92 Å². The first-order chi connectivity index (χ1) is 5.71. The Hall–Kier alpha value is 0.0200. The molecule has 0 unspecified atom stereocenters. The second kappa shape index (κ2) is 4.31. The fraction of sp³-hybridized carbons (Fsp3) is 0.900. The SMILES string of the molecule is CCSCCCC1(C(C)=O)CC1. The summed E-state index contributed by atoms with van der Waals surface area (Å²) in [7, 11) is 0. The van der Waals surface area contributed by atoms with Crippen LogP contribution in [0.15, 0.2) is 0 Å². The molecule has 0 N–H and O–H groups in total. The number of carbonyl (C=O) groups is 1. The molecule has 1 aliphatic rings. The molecule has 1 aliphatic carbocycles. The average Bonchev–Trinajstić information content (AvgIpc) is 2.79. The average molecular weight is 186 g/mol. The highest BCUT2D eigenvalue weighted by atomic mass is 32.2. The maximum atomic E-state index is 11.2. The van der Waals surface area contributed by atoms with Gasteiger partial charge in [0.25, 0.3) is 0 Å². The molecule has 1 fully saturated rings. The summed E-state index contributed by atoms with van der Waals surface area (Å²) in [4.78, 5) is 11.2. The van der Waals surface area contributed by atoms with E-state index in [1.54, 1.807) is 6.92 Å². The van der Waals surface area contributed by atoms with Crippen molar-refractivity contribution in [2.45, 2.75) is 39.5 Å². The molecule has 1 rings (SSSR count). The zero-order chi connectivity index (χ0) is 9.03. The van der Waals surface area contributed by atoms with E-state index in [0.717, 1.165) is 19.3 Å². The van der Waals surface area contributed by atoms with Crippen LogP contribution in [0.2, 0.25) is 0 Å². The van der Waals surface area contributed by atoms with Gasteiger partial charge in [0, 0.05) is 5.41 Å². The zero-order valence-electron chi connectivity index (χ0n) is 8.06. The lowest BCUT2D eigenvalue weighted by molar-refractivity contribution is -0.122. The second-order valence-corrected chi connectivity index (χ2v) is 5.03. The number of Topliss-reactive ketones (excluding diaryl/α,β-unsaturated/α-hetero) is 1. The highest BCUT2D eigenvalue weighted by Gasteiger charge is 2.46. The van der Waals surface area contributed by atoms with Crippen LogP contribution in [0.1, 0.15) is 39.5 Å². The number of ketones is 1. The van der Waals surface area contributed by atoms with Crippen LogP contribution >= 0.6 is 11.8 Å². The van der Waals surface area contributed by atoms with Crippen molar-refractivity contribution in [1.82, 2.24) is 0 Å². The van der Waals surface area contributed by atoms with E-state index in [1.165, 1.54) is 17.9 Å². The Bertz CT molecular complexity index is 161. The highest BCUT2D eigenvalue weighted by Crippen LogP contribution is 2.50. The first kappa shape index (κ1) is 10.1. The third-order valence-corrected chi connectivity index (χ3v) is 3.73. The van der Waals surface area contributed by atoms with E-state index in [0.29, 0.717) is 5.78 Å². The van der Waals surface area contributed by atoms with Crippen molar-refractivity contribution in [3.8, 4) is 0 Å². The molecule has 0 aliphatic heterocycles. The molecule has 12 heavy (non-hydrogen) atoms. The molecule has 1 nitrogen and oxygen atoms in total. The molecule has 0 spiro atoms. The van der Waals surface area contributed by atoms with Crippen molar-refractivity contribution in [2.75, 3.05) is 11.5 Å². The molecule has 0 radical (unpaired) electrons. The summed E-state index contributed by atoms with van der Waals surface area (Å²) < 4.78 is 0. The second-order valence-electron chi connectivity index (χ2n) is 3.64. The Kier molecular flexibility index (Phi) is 3.63. The fourth-order valence-electron chi connectivity index (χ4n) is 1.59. The van der Waals surface area contributed by atoms with Gasteiger partial charge >= 0.3 is 0 Å². The van der Waals surface area contributed by atoms with Crippen molar-refractivity contribution in [1.29, 1.82) is 0 Å². The Morgan fingerprint density at radius 2 is 2.17 bits per heavy atom. The number of carbonyl (C=O) groups excluding carboxylic acids is 1.